The van der Waals surface area contributed by atoms with E-state index in [0.29, 0.717) is 11.4 Å². The maximum Gasteiger partial charge on any atom is 0.141 e. The van der Waals surface area contributed by atoms with Crippen LogP contribution in [0.1, 0.15) is 0 Å². The molecule has 0 aliphatic rings. The van der Waals surface area contributed by atoms with Crippen LogP contribution in [0.5, 0.6) is 5.75 Å². The number of pyridine rings is 1. The van der Waals surface area contributed by atoms with Gasteiger partial charge >= 0.3 is 0 Å². The van der Waals surface area contributed by atoms with Crippen molar-refractivity contribution >= 4 is 5.69 Å². The lowest BCUT2D eigenvalue weighted by Crippen LogP contribution is -1.98. The molecule has 2 heterocycles. The fraction of sp³-hybridized carbons (Fsp3) is 0.0714. The van der Waals surface area contributed by atoms with Crippen LogP contribution in [0.2, 0.25) is 0 Å². The molecule has 3 rings (SSSR count). The van der Waals surface area contributed by atoms with E-state index in [0.717, 1.165) is 16.9 Å². The van der Waals surface area contributed by atoms with Gasteiger partial charge in [0.2, 0.25) is 0 Å². The summed E-state index contributed by atoms with van der Waals surface area (Å²) in [6.07, 6.45) is 5.29. The second kappa shape index (κ2) is 5.00. The smallest absolute Gasteiger partial charge is 0.141 e. The van der Waals surface area contributed by atoms with Gasteiger partial charge in [-0.25, -0.2) is 4.68 Å². The van der Waals surface area contributed by atoms with E-state index in [2.05, 4.69) is 15.3 Å². The van der Waals surface area contributed by atoms with Gasteiger partial charge in [-0.3, -0.25) is 4.98 Å². The first kappa shape index (κ1) is 12.2. The Labute approximate surface area is 115 Å². The van der Waals surface area contributed by atoms with Crippen molar-refractivity contribution in [3.63, 3.8) is 0 Å². The first-order valence-corrected chi connectivity index (χ1v) is 6.04. The third kappa shape index (κ3) is 2.18. The fourth-order valence-electron chi connectivity index (χ4n) is 1.91. The number of nitrogens with two attached hydrogens (primary N) is 1. The Morgan fingerprint density at radius 3 is 2.65 bits per heavy atom. The van der Waals surface area contributed by atoms with Crippen LogP contribution in [0.15, 0.2) is 48.9 Å². The topological polar surface area (TPSA) is 78.8 Å². The number of nitrogen functional groups attached to an aromatic ring is 1. The van der Waals surface area contributed by atoms with Gasteiger partial charge in [0, 0.05) is 18.0 Å². The van der Waals surface area contributed by atoms with Crippen LogP contribution >= 0.6 is 0 Å². The monoisotopic (exact) mass is 267 g/mol. The van der Waals surface area contributed by atoms with E-state index in [1.165, 1.54) is 0 Å². The Balaban J connectivity index is 1.96. The molecule has 20 heavy (non-hydrogen) atoms. The Morgan fingerprint density at radius 2 is 1.95 bits per heavy atom. The molecular formula is C14H13N5O. The number of anilines is 1. The standard InChI is InChI=1S/C14H13N5O/c1-20-14-3-2-11(8-12(14)15)19-9-13(17-18-19)10-4-6-16-7-5-10/h2-9H,15H2,1H3. The summed E-state index contributed by atoms with van der Waals surface area (Å²) in [5.41, 5.74) is 9.03. The number of hydrogen-bond acceptors (Lipinski definition) is 5. The van der Waals surface area contributed by atoms with Gasteiger partial charge in [0.1, 0.15) is 11.4 Å². The van der Waals surface area contributed by atoms with Crippen molar-refractivity contribution < 1.29 is 4.74 Å². The lowest BCUT2D eigenvalue weighted by Gasteiger charge is -2.06. The summed E-state index contributed by atoms with van der Waals surface area (Å²) in [6.45, 7) is 0. The molecule has 0 bridgehead atoms. The van der Waals surface area contributed by atoms with E-state index in [1.807, 2.05) is 24.4 Å². The van der Waals surface area contributed by atoms with Gasteiger partial charge < -0.3 is 10.5 Å². The van der Waals surface area contributed by atoms with Crippen molar-refractivity contribution in [2.24, 2.45) is 0 Å². The molecule has 0 saturated heterocycles. The van der Waals surface area contributed by atoms with Crippen molar-refractivity contribution in [2.75, 3.05) is 12.8 Å². The SMILES string of the molecule is COc1ccc(-n2cc(-c3ccncc3)nn2)cc1N. The average Bonchev–Trinajstić information content (AvgIpc) is 2.98. The fourth-order valence-corrected chi connectivity index (χ4v) is 1.91. The maximum absolute atomic E-state index is 5.89. The minimum absolute atomic E-state index is 0.561. The largest absolute Gasteiger partial charge is 0.495 e. The number of hydrogen-bond donors (Lipinski definition) is 1. The molecule has 0 amide bonds. The predicted molar refractivity (Wildman–Crippen MR) is 75.6 cm³/mol. The quantitative estimate of drug-likeness (QED) is 0.733. The van der Waals surface area contributed by atoms with Crippen LogP contribution in [-0.2, 0) is 0 Å². The zero-order valence-corrected chi connectivity index (χ0v) is 10.9. The van der Waals surface area contributed by atoms with Gasteiger partial charge in [-0.15, -0.1) is 5.10 Å². The lowest BCUT2D eigenvalue weighted by atomic mass is 10.2. The van der Waals surface area contributed by atoms with Crippen molar-refractivity contribution in [3.05, 3.63) is 48.9 Å². The Morgan fingerprint density at radius 1 is 1.15 bits per heavy atom. The number of aromatic nitrogens is 4. The number of nitrogens with zero attached hydrogens (tertiary/aromatic N) is 4. The normalized spacial score (nSPS) is 10.4. The number of rotatable bonds is 3. The summed E-state index contributed by atoms with van der Waals surface area (Å²) in [7, 11) is 1.59. The maximum atomic E-state index is 5.89. The molecule has 2 N–H and O–H groups in total. The van der Waals surface area contributed by atoms with Crippen molar-refractivity contribution in [1.29, 1.82) is 0 Å². The summed E-state index contributed by atoms with van der Waals surface area (Å²) in [5, 5.41) is 8.26. The molecule has 2 aromatic heterocycles. The third-order valence-corrected chi connectivity index (χ3v) is 2.95. The first-order chi connectivity index (χ1) is 9.78. The molecule has 3 aromatic rings. The van der Waals surface area contributed by atoms with Crippen molar-refractivity contribution in [2.45, 2.75) is 0 Å². The Bertz CT molecular complexity index is 723. The minimum Gasteiger partial charge on any atom is -0.495 e. The molecule has 1 aromatic carbocycles. The molecule has 0 spiro atoms. The second-order valence-electron chi connectivity index (χ2n) is 4.21. The predicted octanol–water partition coefficient (Wildman–Crippen LogP) is 1.92. The molecule has 100 valence electrons. The zero-order valence-electron chi connectivity index (χ0n) is 10.9. The third-order valence-electron chi connectivity index (χ3n) is 2.95. The van der Waals surface area contributed by atoms with Gasteiger partial charge in [-0.1, -0.05) is 5.21 Å². The molecule has 0 aliphatic carbocycles. The van der Waals surface area contributed by atoms with E-state index >= 15 is 0 Å². The van der Waals surface area contributed by atoms with Crippen LogP contribution < -0.4 is 10.5 Å². The van der Waals surface area contributed by atoms with Crippen LogP contribution in [0, 0.1) is 0 Å². The number of methoxy groups -OCH3 is 1. The molecule has 0 aliphatic heterocycles. The highest BCUT2D eigenvalue weighted by atomic mass is 16.5. The average molecular weight is 267 g/mol. The van der Waals surface area contributed by atoms with Crippen molar-refractivity contribution in [1.82, 2.24) is 20.0 Å². The van der Waals surface area contributed by atoms with Gasteiger partial charge in [0.25, 0.3) is 0 Å². The summed E-state index contributed by atoms with van der Waals surface area (Å²) < 4.78 is 6.81. The van der Waals surface area contributed by atoms with Gasteiger partial charge in [0.05, 0.1) is 24.7 Å². The van der Waals surface area contributed by atoms with Gasteiger partial charge in [-0.2, -0.15) is 0 Å². The van der Waals surface area contributed by atoms with E-state index in [-0.39, 0.29) is 0 Å². The highest BCUT2D eigenvalue weighted by Gasteiger charge is 2.07. The second-order valence-corrected chi connectivity index (χ2v) is 4.21. The molecule has 6 nitrogen and oxygen atoms in total. The number of ether oxygens (including phenoxy) is 1. The van der Waals surface area contributed by atoms with E-state index in [4.69, 9.17) is 10.5 Å². The summed E-state index contributed by atoms with van der Waals surface area (Å²) in [5.74, 6) is 0.642. The number of benzene rings is 1. The highest BCUT2D eigenvalue weighted by molar-refractivity contribution is 5.60. The zero-order chi connectivity index (χ0) is 13.9. The molecule has 0 radical (unpaired) electrons. The minimum atomic E-state index is 0.561. The van der Waals surface area contributed by atoms with E-state index < -0.39 is 0 Å². The van der Waals surface area contributed by atoms with E-state index in [9.17, 15) is 0 Å². The molecule has 0 atom stereocenters. The van der Waals surface area contributed by atoms with Crippen LogP contribution in [-0.4, -0.2) is 27.1 Å². The highest BCUT2D eigenvalue weighted by Crippen LogP contribution is 2.24. The lowest BCUT2D eigenvalue weighted by molar-refractivity contribution is 0.417. The first-order valence-electron chi connectivity index (χ1n) is 6.04. The van der Waals surface area contributed by atoms with Crippen LogP contribution in [0.3, 0.4) is 0 Å². The molecule has 0 unspecified atom stereocenters. The molecular weight excluding hydrogens is 254 g/mol. The van der Waals surface area contributed by atoms with Gasteiger partial charge in [-0.05, 0) is 30.3 Å². The Kier molecular flexibility index (Phi) is 3.04. The molecule has 0 fully saturated rings. The Hall–Kier alpha value is -2.89. The van der Waals surface area contributed by atoms with Crippen LogP contribution in [0.4, 0.5) is 5.69 Å². The molecule has 6 heteroatoms. The van der Waals surface area contributed by atoms with E-state index in [1.54, 1.807) is 36.3 Å². The summed E-state index contributed by atoms with van der Waals surface area (Å²) >= 11 is 0. The summed E-state index contributed by atoms with van der Waals surface area (Å²) in [4.78, 5) is 3.98. The van der Waals surface area contributed by atoms with Crippen molar-refractivity contribution in [3.8, 4) is 22.7 Å². The van der Waals surface area contributed by atoms with Gasteiger partial charge in [0.15, 0.2) is 0 Å². The summed E-state index contributed by atoms with van der Waals surface area (Å²) in [6, 6.07) is 9.25. The van der Waals surface area contributed by atoms with Crippen LogP contribution in [0.25, 0.3) is 16.9 Å². The molecule has 0 saturated carbocycles.